The molecule has 0 bridgehead atoms. The number of hydrogen-bond acceptors (Lipinski definition) is 5. The monoisotopic (exact) mass is 529 g/mol. The van der Waals surface area contributed by atoms with Gasteiger partial charge in [0.2, 0.25) is 0 Å². The Bertz CT molecular complexity index is 787. The van der Waals surface area contributed by atoms with Crippen molar-refractivity contribution in [3.63, 3.8) is 0 Å². The molecule has 0 aliphatic rings. The highest BCUT2D eigenvalue weighted by atomic mass is 127. The van der Waals surface area contributed by atoms with Gasteiger partial charge in [0.15, 0.2) is 17.5 Å². The molecule has 0 unspecified atom stereocenters. The minimum Gasteiger partial charge on any atom is -0.493 e. The van der Waals surface area contributed by atoms with Crippen LogP contribution >= 0.6 is 24.0 Å². The Hall–Kier alpha value is -2.20. The highest BCUT2D eigenvalue weighted by molar-refractivity contribution is 14.0. The first-order chi connectivity index (χ1) is 14.2. The molecule has 2 rings (SSSR count). The summed E-state index contributed by atoms with van der Waals surface area (Å²) < 4.78 is 21.7. The van der Waals surface area contributed by atoms with Gasteiger partial charge in [-0.05, 0) is 36.8 Å². The van der Waals surface area contributed by atoms with E-state index in [1.165, 1.54) is 0 Å². The lowest BCUT2D eigenvalue weighted by molar-refractivity contribution is 0.172. The fourth-order valence-electron chi connectivity index (χ4n) is 2.66. The topological polar surface area (TPSA) is 73.3 Å². The lowest BCUT2D eigenvalue weighted by Gasteiger charge is -2.14. The highest BCUT2D eigenvalue weighted by Crippen LogP contribution is 2.28. The van der Waals surface area contributed by atoms with E-state index < -0.39 is 0 Å². The van der Waals surface area contributed by atoms with E-state index in [-0.39, 0.29) is 24.0 Å². The SMILES string of the molecule is CCOc1ccc(CNC(=NC)Nc2cccc(OCCCOC)c2)cc1OC.I. The third kappa shape index (κ3) is 8.66. The van der Waals surface area contributed by atoms with E-state index in [1.54, 1.807) is 21.3 Å². The maximum Gasteiger partial charge on any atom is 0.195 e. The van der Waals surface area contributed by atoms with Gasteiger partial charge in [-0.2, -0.15) is 0 Å². The number of methoxy groups -OCH3 is 2. The summed E-state index contributed by atoms with van der Waals surface area (Å²) in [5, 5.41) is 6.58. The molecule has 2 N–H and O–H groups in total. The molecule has 0 atom stereocenters. The maximum absolute atomic E-state index is 5.74. The van der Waals surface area contributed by atoms with Crippen LogP contribution in [-0.2, 0) is 11.3 Å². The van der Waals surface area contributed by atoms with Crippen LogP contribution in [0, 0.1) is 0 Å². The molecule has 8 heteroatoms. The Morgan fingerprint density at radius 1 is 1.00 bits per heavy atom. The molecule has 0 aliphatic heterocycles. The molecule has 0 heterocycles. The zero-order chi connectivity index (χ0) is 20.9. The number of benzene rings is 2. The minimum absolute atomic E-state index is 0. The third-order valence-corrected chi connectivity index (χ3v) is 4.07. The van der Waals surface area contributed by atoms with E-state index in [1.807, 2.05) is 49.4 Å². The number of anilines is 1. The second kappa shape index (κ2) is 14.7. The first kappa shape index (κ1) is 25.8. The van der Waals surface area contributed by atoms with Crippen molar-refractivity contribution in [2.75, 3.05) is 46.4 Å². The van der Waals surface area contributed by atoms with Gasteiger partial charge in [0.1, 0.15) is 5.75 Å². The first-order valence-electron chi connectivity index (χ1n) is 9.69. The van der Waals surface area contributed by atoms with E-state index in [2.05, 4.69) is 15.6 Å². The number of nitrogens with zero attached hydrogens (tertiary/aromatic N) is 1. The Balaban J connectivity index is 0.00000450. The van der Waals surface area contributed by atoms with Crippen LogP contribution in [0.5, 0.6) is 17.2 Å². The van der Waals surface area contributed by atoms with Gasteiger partial charge in [-0.3, -0.25) is 4.99 Å². The average Bonchev–Trinajstić information content (AvgIpc) is 2.75. The van der Waals surface area contributed by atoms with Crippen LogP contribution in [0.2, 0.25) is 0 Å². The minimum atomic E-state index is 0. The fraction of sp³-hybridized carbons (Fsp3) is 0.409. The molecule has 166 valence electrons. The van der Waals surface area contributed by atoms with Gasteiger partial charge in [0.25, 0.3) is 0 Å². The van der Waals surface area contributed by atoms with Crippen molar-refractivity contribution < 1.29 is 18.9 Å². The lowest BCUT2D eigenvalue weighted by atomic mass is 10.2. The zero-order valence-corrected chi connectivity index (χ0v) is 20.4. The van der Waals surface area contributed by atoms with Crippen LogP contribution in [0.3, 0.4) is 0 Å². The molecular formula is C22H32IN3O4. The van der Waals surface area contributed by atoms with Crippen molar-refractivity contribution in [3.8, 4) is 17.2 Å². The van der Waals surface area contributed by atoms with E-state index in [0.29, 0.717) is 38.1 Å². The second-order valence-corrected chi connectivity index (χ2v) is 6.19. The van der Waals surface area contributed by atoms with Gasteiger partial charge in [-0.15, -0.1) is 24.0 Å². The van der Waals surface area contributed by atoms with Crippen molar-refractivity contribution in [1.82, 2.24) is 5.32 Å². The number of halogens is 1. The second-order valence-electron chi connectivity index (χ2n) is 6.19. The molecule has 0 spiro atoms. The Labute approximate surface area is 196 Å². The Kier molecular flexibility index (Phi) is 12.7. The summed E-state index contributed by atoms with van der Waals surface area (Å²) >= 11 is 0. The Morgan fingerprint density at radius 3 is 2.53 bits per heavy atom. The van der Waals surface area contributed by atoms with Crippen molar-refractivity contribution >= 4 is 35.6 Å². The van der Waals surface area contributed by atoms with E-state index in [4.69, 9.17) is 18.9 Å². The number of guanidine groups is 1. The van der Waals surface area contributed by atoms with Crippen molar-refractivity contribution in [3.05, 3.63) is 48.0 Å². The molecule has 0 radical (unpaired) electrons. The quantitative estimate of drug-likeness (QED) is 0.196. The summed E-state index contributed by atoms with van der Waals surface area (Å²) in [6.45, 7) is 4.44. The van der Waals surface area contributed by atoms with Crippen LogP contribution in [0.4, 0.5) is 5.69 Å². The molecule has 0 aromatic heterocycles. The van der Waals surface area contributed by atoms with Crippen LogP contribution in [0.15, 0.2) is 47.5 Å². The molecule has 0 saturated carbocycles. The van der Waals surface area contributed by atoms with E-state index in [9.17, 15) is 0 Å². The number of aliphatic imine (C=N–C) groups is 1. The number of nitrogens with one attached hydrogen (secondary N) is 2. The summed E-state index contributed by atoms with van der Waals surface area (Å²) in [5.74, 6) is 2.92. The number of ether oxygens (including phenoxy) is 4. The maximum atomic E-state index is 5.74. The molecule has 30 heavy (non-hydrogen) atoms. The van der Waals surface area contributed by atoms with E-state index >= 15 is 0 Å². The fourth-order valence-corrected chi connectivity index (χ4v) is 2.66. The van der Waals surface area contributed by atoms with Crippen molar-refractivity contribution in [2.24, 2.45) is 4.99 Å². The molecular weight excluding hydrogens is 497 g/mol. The molecule has 0 amide bonds. The predicted molar refractivity (Wildman–Crippen MR) is 132 cm³/mol. The summed E-state index contributed by atoms with van der Waals surface area (Å²) in [6.07, 6.45) is 0.850. The molecule has 7 nitrogen and oxygen atoms in total. The predicted octanol–water partition coefficient (Wildman–Crippen LogP) is 4.31. The summed E-state index contributed by atoms with van der Waals surface area (Å²) in [5.41, 5.74) is 1.95. The van der Waals surface area contributed by atoms with Gasteiger partial charge in [-0.25, -0.2) is 0 Å². The standard InChI is InChI=1S/C22H31N3O4.HI/c1-5-28-20-11-10-17(14-21(20)27-4)16-24-22(23-2)25-18-8-6-9-19(15-18)29-13-7-12-26-3;/h6,8-11,14-15H,5,7,12-13,16H2,1-4H3,(H2,23,24,25);1H. The van der Waals surface area contributed by atoms with Crippen LogP contribution in [0.1, 0.15) is 18.9 Å². The van der Waals surface area contributed by atoms with Crippen molar-refractivity contribution in [1.29, 1.82) is 0 Å². The summed E-state index contributed by atoms with van der Waals surface area (Å²) in [4.78, 5) is 4.29. The smallest absolute Gasteiger partial charge is 0.195 e. The largest absolute Gasteiger partial charge is 0.493 e. The molecule has 2 aromatic carbocycles. The summed E-state index contributed by atoms with van der Waals surface area (Å²) in [7, 11) is 5.06. The van der Waals surface area contributed by atoms with Crippen molar-refractivity contribution in [2.45, 2.75) is 19.9 Å². The normalized spacial score (nSPS) is 10.7. The van der Waals surface area contributed by atoms with Crippen LogP contribution in [0.25, 0.3) is 0 Å². The number of hydrogen-bond donors (Lipinski definition) is 2. The van der Waals surface area contributed by atoms with Crippen LogP contribution < -0.4 is 24.8 Å². The lowest BCUT2D eigenvalue weighted by Crippen LogP contribution is -2.30. The molecule has 0 fully saturated rings. The van der Waals surface area contributed by atoms with Gasteiger partial charge in [0.05, 0.1) is 20.3 Å². The van der Waals surface area contributed by atoms with Gasteiger partial charge < -0.3 is 29.6 Å². The molecule has 0 saturated heterocycles. The molecule has 2 aromatic rings. The summed E-state index contributed by atoms with van der Waals surface area (Å²) in [6, 6.07) is 13.7. The van der Waals surface area contributed by atoms with Crippen LogP contribution in [-0.4, -0.2) is 47.0 Å². The number of rotatable bonds is 11. The van der Waals surface area contributed by atoms with Gasteiger partial charge in [0, 0.05) is 45.5 Å². The third-order valence-electron chi connectivity index (χ3n) is 4.07. The Morgan fingerprint density at radius 2 is 1.83 bits per heavy atom. The first-order valence-corrected chi connectivity index (χ1v) is 9.69. The highest BCUT2D eigenvalue weighted by Gasteiger charge is 2.07. The van der Waals surface area contributed by atoms with Gasteiger partial charge >= 0.3 is 0 Å². The van der Waals surface area contributed by atoms with Gasteiger partial charge in [-0.1, -0.05) is 12.1 Å². The molecule has 0 aliphatic carbocycles. The zero-order valence-electron chi connectivity index (χ0n) is 18.1. The average molecular weight is 529 g/mol. The van der Waals surface area contributed by atoms with E-state index in [0.717, 1.165) is 29.2 Å².